The lowest BCUT2D eigenvalue weighted by Crippen LogP contribution is -2.38. The van der Waals surface area contributed by atoms with Crippen molar-refractivity contribution in [1.29, 1.82) is 5.26 Å². The Kier molecular flexibility index (Phi) is 6.03. The maximum Gasteiger partial charge on any atom is 0.262 e. The van der Waals surface area contributed by atoms with Gasteiger partial charge in [0, 0.05) is 5.56 Å². The minimum atomic E-state index is -1.08. The Hall–Kier alpha value is -3.65. The maximum absolute atomic E-state index is 13.9. The van der Waals surface area contributed by atoms with Gasteiger partial charge in [-0.2, -0.15) is 5.26 Å². The van der Waals surface area contributed by atoms with Gasteiger partial charge in [-0.1, -0.05) is 60.7 Å². The van der Waals surface area contributed by atoms with Crippen LogP contribution in [0.25, 0.3) is 11.1 Å². The first-order valence-electron chi connectivity index (χ1n) is 8.85. The third-order valence-corrected chi connectivity index (χ3v) is 4.28. The summed E-state index contributed by atoms with van der Waals surface area (Å²) in [7, 11) is 0. The van der Waals surface area contributed by atoms with Gasteiger partial charge < -0.3 is 10.1 Å². The van der Waals surface area contributed by atoms with Crippen LogP contribution in [-0.2, 0) is 4.79 Å². The molecule has 0 bridgehead atoms. The summed E-state index contributed by atoms with van der Waals surface area (Å²) < 4.78 is 19.5. The number of carbonyl (C=O) groups excluding carboxylic acids is 1. The Balaban J connectivity index is 1.64. The van der Waals surface area contributed by atoms with Gasteiger partial charge in [0.15, 0.2) is 6.10 Å². The minimum absolute atomic E-state index is 0.123. The van der Waals surface area contributed by atoms with Crippen molar-refractivity contribution in [3.63, 3.8) is 0 Å². The molecule has 0 fully saturated rings. The quantitative estimate of drug-likeness (QED) is 0.684. The molecule has 2 atom stereocenters. The number of halogens is 1. The number of hydrogen-bond donors (Lipinski definition) is 1. The molecule has 0 aliphatic carbocycles. The molecule has 0 saturated carbocycles. The Morgan fingerprint density at radius 2 is 1.57 bits per heavy atom. The summed E-state index contributed by atoms with van der Waals surface area (Å²) in [6.07, 6.45) is -0.842. The van der Waals surface area contributed by atoms with E-state index in [1.165, 1.54) is 18.2 Å². The highest BCUT2D eigenvalue weighted by atomic mass is 19.1. The third kappa shape index (κ3) is 4.54. The van der Waals surface area contributed by atoms with Crippen LogP contribution in [-0.4, -0.2) is 12.0 Å². The number of hydrogen-bond acceptors (Lipinski definition) is 3. The summed E-state index contributed by atoms with van der Waals surface area (Å²) in [6, 6.07) is 24.0. The van der Waals surface area contributed by atoms with Gasteiger partial charge in [-0.25, -0.2) is 4.39 Å². The number of nitrogens with zero attached hydrogens (tertiary/aromatic N) is 1. The predicted molar refractivity (Wildman–Crippen MR) is 105 cm³/mol. The molecule has 3 rings (SSSR count). The van der Waals surface area contributed by atoms with Crippen LogP contribution in [0.5, 0.6) is 5.75 Å². The first-order chi connectivity index (χ1) is 13.6. The van der Waals surface area contributed by atoms with Gasteiger partial charge in [-0.3, -0.25) is 4.79 Å². The standard InChI is InChI=1S/C23H19FN2O2/c1-16(23(27)26-22(15-25)20-9-5-6-10-21(20)24)28-19-13-11-18(12-14-19)17-7-3-2-4-8-17/h2-14,16,22H,1H3,(H,26,27). The molecule has 3 aromatic rings. The van der Waals surface area contributed by atoms with Crippen LogP contribution in [0, 0.1) is 17.1 Å². The van der Waals surface area contributed by atoms with E-state index >= 15 is 0 Å². The van der Waals surface area contributed by atoms with Crippen molar-refractivity contribution in [3.05, 3.63) is 90.2 Å². The molecule has 5 heteroatoms. The second kappa shape index (κ2) is 8.83. The van der Waals surface area contributed by atoms with Crippen molar-refractivity contribution in [2.45, 2.75) is 19.1 Å². The Morgan fingerprint density at radius 3 is 2.21 bits per heavy atom. The van der Waals surface area contributed by atoms with Crippen LogP contribution >= 0.6 is 0 Å². The fraction of sp³-hybridized carbons (Fsp3) is 0.130. The average Bonchev–Trinajstić information content (AvgIpc) is 2.73. The van der Waals surface area contributed by atoms with Gasteiger partial charge in [0.2, 0.25) is 0 Å². The molecule has 0 aromatic heterocycles. The number of benzene rings is 3. The van der Waals surface area contributed by atoms with Gasteiger partial charge in [0.1, 0.15) is 17.6 Å². The average molecular weight is 374 g/mol. The fourth-order valence-corrected chi connectivity index (χ4v) is 2.76. The van der Waals surface area contributed by atoms with Gasteiger partial charge in [0.25, 0.3) is 5.91 Å². The molecule has 4 nitrogen and oxygen atoms in total. The second-order valence-electron chi connectivity index (χ2n) is 6.24. The molecule has 1 amide bonds. The van der Waals surface area contributed by atoms with Crippen LogP contribution in [0.1, 0.15) is 18.5 Å². The lowest BCUT2D eigenvalue weighted by molar-refractivity contribution is -0.127. The van der Waals surface area contributed by atoms with E-state index in [4.69, 9.17) is 4.74 Å². The predicted octanol–water partition coefficient (Wildman–Crippen LogP) is 4.64. The van der Waals surface area contributed by atoms with E-state index in [1.54, 1.807) is 25.1 Å². The highest BCUT2D eigenvalue weighted by molar-refractivity contribution is 5.81. The zero-order chi connectivity index (χ0) is 19.9. The second-order valence-corrected chi connectivity index (χ2v) is 6.24. The number of rotatable bonds is 6. The summed E-state index contributed by atoms with van der Waals surface area (Å²) in [6.45, 7) is 1.58. The smallest absolute Gasteiger partial charge is 0.262 e. The van der Waals surface area contributed by atoms with Gasteiger partial charge >= 0.3 is 0 Å². The van der Waals surface area contributed by atoms with Crippen LogP contribution in [0.2, 0.25) is 0 Å². The molecule has 140 valence electrons. The molecule has 2 unspecified atom stereocenters. The Bertz CT molecular complexity index is 981. The summed E-state index contributed by atoms with van der Waals surface area (Å²) in [4.78, 5) is 12.4. The van der Waals surface area contributed by atoms with Crippen LogP contribution in [0.15, 0.2) is 78.9 Å². The molecule has 28 heavy (non-hydrogen) atoms. The van der Waals surface area contributed by atoms with E-state index in [2.05, 4.69) is 5.32 Å². The minimum Gasteiger partial charge on any atom is -0.481 e. The van der Waals surface area contributed by atoms with Crippen molar-refractivity contribution < 1.29 is 13.9 Å². The molecule has 0 saturated heterocycles. The molecule has 0 aliphatic heterocycles. The van der Waals surface area contributed by atoms with Crippen molar-refractivity contribution in [3.8, 4) is 22.9 Å². The fourth-order valence-electron chi connectivity index (χ4n) is 2.76. The molecule has 3 aromatic carbocycles. The summed E-state index contributed by atoms with van der Waals surface area (Å²) in [5.41, 5.74) is 2.24. The molecular formula is C23H19FN2O2. The monoisotopic (exact) mass is 374 g/mol. The van der Waals surface area contributed by atoms with Gasteiger partial charge in [-0.05, 0) is 36.2 Å². The van der Waals surface area contributed by atoms with E-state index in [1.807, 2.05) is 48.5 Å². The van der Waals surface area contributed by atoms with Crippen molar-refractivity contribution in [2.75, 3.05) is 0 Å². The lowest BCUT2D eigenvalue weighted by Gasteiger charge is -2.18. The van der Waals surface area contributed by atoms with Gasteiger partial charge in [-0.15, -0.1) is 0 Å². The molecular weight excluding hydrogens is 355 g/mol. The highest BCUT2D eigenvalue weighted by Crippen LogP contribution is 2.23. The highest BCUT2D eigenvalue weighted by Gasteiger charge is 2.22. The topological polar surface area (TPSA) is 62.1 Å². The normalized spacial score (nSPS) is 12.5. The molecule has 0 aliphatic rings. The van der Waals surface area contributed by atoms with Crippen LogP contribution in [0.3, 0.4) is 0 Å². The number of amides is 1. The van der Waals surface area contributed by atoms with Crippen LogP contribution < -0.4 is 10.1 Å². The Labute approximate surface area is 163 Å². The van der Waals surface area contributed by atoms with Crippen molar-refractivity contribution in [2.24, 2.45) is 0 Å². The number of nitriles is 1. The van der Waals surface area contributed by atoms with E-state index in [0.29, 0.717) is 5.75 Å². The zero-order valence-electron chi connectivity index (χ0n) is 15.3. The summed E-state index contributed by atoms with van der Waals surface area (Å²) in [5, 5.41) is 11.8. The van der Waals surface area contributed by atoms with Crippen molar-refractivity contribution in [1.82, 2.24) is 5.32 Å². The maximum atomic E-state index is 13.9. The Morgan fingerprint density at radius 1 is 0.964 bits per heavy atom. The van der Waals surface area contributed by atoms with E-state index in [-0.39, 0.29) is 5.56 Å². The van der Waals surface area contributed by atoms with Gasteiger partial charge in [0.05, 0.1) is 6.07 Å². The molecule has 0 heterocycles. The largest absolute Gasteiger partial charge is 0.481 e. The first kappa shape index (κ1) is 19.1. The number of ether oxygens (including phenoxy) is 1. The van der Waals surface area contributed by atoms with E-state index in [0.717, 1.165) is 11.1 Å². The third-order valence-electron chi connectivity index (χ3n) is 4.28. The van der Waals surface area contributed by atoms with E-state index in [9.17, 15) is 14.4 Å². The first-order valence-corrected chi connectivity index (χ1v) is 8.85. The lowest BCUT2D eigenvalue weighted by atomic mass is 10.1. The SMILES string of the molecule is CC(Oc1ccc(-c2ccccc2)cc1)C(=O)NC(C#N)c1ccccc1F. The summed E-state index contributed by atoms with van der Waals surface area (Å²) in [5.74, 6) is -0.511. The van der Waals surface area contributed by atoms with Crippen molar-refractivity contribution >= 4 is 5.91 Å². The van der Waals surface area contributed by atoms with Crippen LogP contribution in [0.4, 0.5) is 4.39 Å². The number of nitrogens with one attached hydrogen (secondary N) is 1. The summed E-state index contributed by atoms with van der Waals surface area (Å²) >= 11 is 0. The zero-order valence-corrected chi connectivity index (χ0v) is 15.3. The van der Waals surface area contributed by atoms with E-state index < -0.39 is 23.9 Å². The molecule has 1 N–H and O–H groups in total. The molecule has 0 radical (unpaired) electrons. The molecule has 0 spiro atoms. The number of carbonyl (C=O) groups is 1.